The number of H-pyrrole nitrogens is 1. The number of nitrogens with zero attached hydrogens (tertiary/aromatic N) is 2. The van der Waals surface area contributed by atoms with Crippen LogP contribution < -0.4 is 10.9 Å². The third-order valence-electron chi connectivity index (χ3n) is 4.62. The molecule has 0 spiro atoms. The maximum Gasteiger partial charge on any atom is 0.256 e. The SMILES string of the molecule is O=c1[nH]c(C2CN3CCCC3CO2)nc2c1CCCN2. The summed E-state index contributed by atoms with van der Waals surface area (Å²) in [4.78, 5) is 22.1. The molecule has 4 heterocycles. The molecule has 1 aromatic heterocycles. The largest absolute Gasteiger partial charge is 0.370 e. The van der Waals surface area contributed by atoms with Gasteiger partial charge in [0.2, 0.25) is 0 Å². The van der Waals surface area contributed by atoms with Crippen LogP contribution in [0.25, 0.3) is 0 Å². The molecular formula is C14H20N4O2. The van der Waals surface area contributed by atoms with Gasteiger partial charge in [-0.2, -0.15) is 0 Å². The Kier molecular flexibility index (Phi) is 3.00. The molecular weight excluding hydrogens is 256 g/mol. The molecule has 0 aromatic carbocycles. The van der Waals surface area contributed by atoms with E-state index in [4.69, 9.17) is 4.74 Å². The number of anilines is 1. The molecule has 108 valence electrons. The van der Waals surface area contributed by atoms with Gasteiger partial charge in [-0.15, -0.1) is 0 Å². The van der Waals surface area contributed by atoms with Crippen molar-refractivity contribution in [2.75, 3.05) is 31.6 Å². The summed E-state index contributed by atoms with van der Waals surface area (Å²) in [6.07, 6.45) is 4.17. The van der Waals surface area contributed by atoms with Gasteiger partial charge in [-0.05, 0) is 32.2 Å². The Morgan fingerprint density at radius 1 is 1.35 bits per heavy atom. The first-order valence-corrected chi connectivity index (χ1v) is 7.54. The van der Waals surface area contributed by atoms with E-state index in [1.54, 1.807) is 0 Å². The number of morpholine rings is 1. The summed E-state index contributed by atoms with van der Waals surface area (Å²) in [5.41, 5.74) is 0.777. The molecule has 4 rings (SSSR count). The van der Waals surface area contributed by atoms with Crippen molar-refractivity contribution < 1.29 is 4.74 Å². The average Bonchev–Trinajstić information content (AvgIpc) is 2.94. The standard InChI is InChI=1S/C14H20N4O2/c19-14-10-4-1-5-15-12(10)16-13(17-14)11-7-18-6-2-3-9(18)8-20-11/h9,11H,1-8H2,(H2,15,16,17,19). The molecule has 1 aromatic rings. The summed E-state index contributed by atoms with van der Waals surface area (Å²) in [6, 6.07) is 0.564. The second-order valence-electron chi connectivity index (χ2n) is 5.92. The van der Waals surface area contributed by atoms with Crippen molar-refractivity contribution in [3.8, 4) is 0 Å². The zero-order chi connectivity index (χ0) is 13.5. The van der Waals surface area contributed by atoms with Crippen molar-refractivity contribution in [3.05, 3.63) is 21.7 Å². The van der Waals surface area contributed by atoms with Gasteiger partial charge < -0.3 is 15.0 Å². The van der Waals surface area contributed by atoms with Crippen molar-refractivity contribution in [2.45, 2.75) is 37.8 Å². The Balaban J connectivity index is 1.62. The van der Waals surface area contributed by atoms with E-state index in [2.05, 4.69) is 20.2 Å². The first kappa shape index (κ1) is 12.3. The van der Waals surface area contributed by atoms with Gasteiger partial charge in [0.15, 0.2) is 0 Å². The quantitative estimate of drug-likeness (QED) is 0.788. The van der Waals surface area contributed by atoms with Crippen LogP contribution in [-0.2, 0) is 11.2 Å². The minimum atomic E-state index is -0.105. The topological polar surface area (TPSA) is 70.2 Å². The van der Waals surface area contributed by atoms with Crippen molar-refractivity contribution in [3.63, 3.8) is 0 Å². The molecule has 6 heteroatoms. The van der Waals surface area contributed by atoms with Crippen LogP contribution in [0.3, 0.4) is 0 Å². The fourth-order valence-corrected chi connectivity index (χ4v) is 3.50. The Labute approximate surface area is 117 Å². The van der Waals surface area contributed by atoms with Gasteiger partial charge in [-0.25, -0.2) is 4.98 Å². The normalized spacial score (nSPS) is 29.6. The minimum absolute atomic E-state index is 0.00987. The highest BCUT2D eigenvalue weighted by Gasteiger charge is 2.34. The minimum Gasteiger partial charge on any atom is -0.370 e. The highest BCUT2D eigenvalue weighted by molar-refractivity contribution is 5.45. The molecule has 2 unspecified atom stereocenters. The maximum atomic E-state index is 12.2. The molecule has 2 saturated heterocycles. The lowest BCUT2D eigenvalue weighted by Crippen LogP contribution is -2.43. The van der Waals surface area contributed by atoms with E-state index in [0.29, 0.717) is 11.9 Å². The lowest BCUT2D eigenvalue weighted by molar-refractivity contribution is -0.0541. The van der Waals surface area contributed by atoms with E-state index in [-0.39, 0.29) is 11.7 Å². The summed E-state index contributed by atoms with van der Waals surface area (Å²) in [5.74, 6) is 1.43. The molecule has 6 nitrogen and oxygen atoms in total. The van der Waals surface area contributed by atoms with Crippen molar-refractivity contribution >= 4 is 5.82 Å². The predicted octanol–water partition coefficient (Wildman–Crippen LogP) is 0.664. The van der Waals surface area contributed by atoms with Gasteiger partial charge >= 0.3 is 0 Å². The molecule has 0 radical (unpaired) electrons. The van der Waals surface area contributed by atoms with Crippen LogP contribution in [0, 0.1) is 0 Å². The Morgan fingerprint density at radius 2 is 2.30 bits per heavy atom. The second kappa shape index (κ2) is 4.86. The molecule has 2 atom stereocenters. The lowest BCUT2D eigenvalue weighted by Gasteiger charge is -2.34. The number of aromatic nitrogens is 2. The van der Waals surface area contributed by atoms with Gasteiger partial charge in [0, 0.05) is 19.1 Å². The predicted molar refractivity (Wildman–Crippen MR) is 75.0 cm³/mol. The van der Waals surface area contributed by atoms with E-state index >= 15 is 0 Å². The number of aromatic amines is 1. The molecule has 3 aliphatic rings. The van der Waals surface area contributed by atoms with Crippen LogP contribution in [0.2, 0.25) is 0 Å². The highest BCUT2D eigenvalue weighted by atomic mass is 16.5. The second-order valence-corrected chi connectivity index (χ2v) is 5.92. The van der Waals surface area contributed by atoms with Gasteiger partial charge in [-0.1, -0.05) is 0 Å². The summed E-state index contributed by atoms with van der Waals surface area (Å²) in [5, 5.41) is 3.23. The third-order valence-corrected chi connectivity index (χ3v) is 4.62. The van der Waals surface area contributed by atoms with Gasteiger partial charge in [0.25, 0.3) is 5.56 Å². The monoisotopic (exact) mass is 276 g/mol. The first-order chi connectivity index (χ1) is 9.81. The third kappa shape index (κ3) is 2.03. The number of ether oxygens (including phenoxy) is 1. The molecule has 0 saturated carbocycles. The number of rotatable bonds is 1. The number of hydrogen-bond donors (Lipinski definition) is 2. The smallest absolute Gasteiger partial charge is 0.256 e. The van der Waals surface area contributed by atoms with Gasteiger partial charge in [0.05, 0.1) is 12.2 Å². The Bertz CT molecular complexity index is 571. The van der Waals surface area contributed by atoms with Crippen molar-refractivity contribution in [1.82, 2.24) is 14.9 Å². The zero-order valence-corrected chi connectivity index (χ0v) is 11.5. The van der Waals surface area contributed by atoms with E-state index in [1.165, 1.54) is 12.8 Å². The van der Waals surface area contributed by atoms with Crippen LogP contribution in [-0.4, -0.2) is 47.2 Å². The number of fused-ring (bicyclic) bond motifs is 2. The molecule has 3 aliphatic heterocycles. The number of hydrogen-bond acceptors (Lipinski definition) is 5. The summed E-state index contributed by atoms with van der Waals surface area (Å²) in [6.45, 7) is 3.62. The molecule has 20 heavy (non-hydrogen) atoms. The molecule has 0 aliphatic carbocycles. The Morgan fingerprint density at radius 3 is 3.25 bits per heavy atom. The summed E-state index contributed by atoms with van der Waals surface area (Å²) in [7, 11) is 0. The van der Waals surface area contributed by atoms with E-state index in [1.807, 2.05) is 0 Å². The fourth-order valence-electron chi connectivity index (χ4n) is 3.50. The van der Waals surface area contributed by atoms with Gasteiger partial charge in [0.1, 0.15) is 17.7 Å². The van der Waals surface area contributed by atoms with Crippen molar-refractivity contribution in [1.29, 1.82) is 0 Å². The molecule has 2 N–H and O–H groups in total. The van der Waals surface area contributed by atoms with Crippen LogP contribution in [0.5, 0.6) is 0 Å². The fraction of sp³-hybridized carbons (Fsp3) is 0.714. The molecule has 2 fully saturated rings. The van der Waals surface area contributed by atoms with Crippen LogP contribution in [0.4, 0.5) is 5.82 Å². The number of nitrogens with one attached hydrogen (secondary N) is 2. The molecule has 0 amide bonds. The summed E-state index contributed by atoms with van der Waals surface area (Å²) < 4.78 is 5.92. The zero-order valence-electron chi connectivity index (χ0n) is 11.5. The van der Waals surface area contributed by atoms with E-state index in [0.717, 1.165) is 50.5 Å². The first-order valence-electron chi connectivity index (χ1n) is 7.54. The maximum absolute atomic E-state index is 12.2. The summed E-state index contributed by atoms with van der Waals surface area (Å²) >= 11 is 0. The van der Waals surface area contributed by atoms with Crippen LogP contribution in [0.15, 0.2) is 4.79 Å². The van der Waals surface area contributed by atoms with Crippen LogP contribution >= 0.6 is 0 Å². The van der Waals surface area contributed by atoms with E-state index < -0.39 is 0 Å². The molecule has 0 bridgehead atoms. The Hall–Kier alpha value is -1.40. The highest BCUT2D eigenvalue weighted by Crippen LogP contribution is 2.29. The van der Waals surface area contributed by atoms with Gasteiger partial charge in [-0.3, -0.25) is 9.69 Å². The van der Waals surface area contributed by atoms with E-state index in [9.17, 15) is 4.79 Å². The van der Waals surface area contributed by atoms with Crippen molar-refractivity contribution in [2.24, 2.45) is 0 Å². The van der Waals surface area contributed by atoms with Crippen LogP contribution in [0.1, 0.15) is 36.8 Å². The average molecular weight is 276 g/mol. The lowest BCUT2D eigenvalue weighted by atomic mass is 10.1.